The highest BCUT2D eigenvalue weighted by atomic mass is 14.9. The minimum absolute atomic E-state index is 0.181. The molecule has 2 heteroatoms. The number of hydrogen-bond donors (Lipinski definition) is 2. The summed E-state index contributed by atoms with van der Waals surface area (Å²) in [5.41, 5.74) is 8.38. The molecule has 0 radical (unpaired) electrons. The summed E-state index contributed by atoms with van der Waals surface area (Å²) in [4.78, 5) is 0. The molecule has 0 saturated carbocycles. The SMILES string of the molecule is CC(CCN)CNc1ccccc1C(C)(C)C. The fourth-order valence-electron chi connectivity index (χ4n) is 1.96. The Morgan fingerprint density at radius 1 is 1.24 bits per heavy atom. The van der Waals surface area contributed by atoms with Crippen molar-refractivity contribution in [3.8, 4) is 0 Å². The van der Waals surface area contributed by atoms with Crippen molar-refractivity contribution in [2.24, 2.45) is 11.7 Å². The lowest BCUT2D eigenvalue weighted by Gasteiger charge is -2.24. The Bertz CT molecular complexity index is 339. The first-order chi connectivity index (χ1) is 7.95. The Labute approximate surface area is 106 Å². The second-order valence-electron chi connectivity index (χ2n) is 5.86. The molecule has 0 amide bonds. The number of nitrogens with one attached hydrogen (secondary N) is 1. The quantitative estimate of drug-likeness (QED) is 0.819. The third-order valence-electron chi connectivity index (χ3n) is 3.04. The standard InChI is InChI=1S/C15H26N2/c1-12(9-10-16)11-17-14-8-6-5-7-13(14)15(2,3)4/h5-8,12,17H,9-11,16H2,1-4H3. The van der Waals surface area contributed by atoms with E-state index in [1.165, 1.54) is 11.3 Å². The molecule has 1 aromatic rings. The topological polar surface area (TPSA) is 38.0 Å². The first-order valence-electron chi connectivity index (χ1n) is 6.48. The van der Waals surface area contributed by atoms with Crippen LogP contribution in [0.3, 0.4) is 0 Å². The van der Waals surface area contributed by atoms with E-state index in [0.717, 1.165) is 19.5 Å². The normalized spacial score (nSPS) is 13.5. The molecule has 2 nitrogen and oxygen atoms in total. The molecule has 1 unspecified atom stereocenters. The average Bonchev–Trinajstić information content (AvgIpc) is 2.26. The summed E-state index contributed by atoms with van der Waals surface area (Å²) in [5.74, 6) is 0.619. The van der Waals surface area contributed by atoms with Gasteiger partial charge in [0.15, 0.2) is 0 Å². The molecule has 0 aromatic heterocycles. The van der Waals surface area contributed by atoms with E-state index in [4.69, 9.17) is 5.73 Å². The lowest BCUT2D eigenvalue weighted by molar-refractivity contribution is 0.563. The molecule has 0 aliphatic rings. The van der Waals surface area contributed by atoms with Crippen LogP contribution in [0, 0.1) is 5.92 Å². The third kappa shape index (κ3) is 4.39. The molecular formula is C15H26N2. The zero-order valence-corrected chi connectivity index (χ0v) is 11.6. The van der Waals surface area contributed by atoms with Crippen LogP contribution in [-0.2, 0) is 5.41 Å². The minimum Gasteiger partial charge on any atom is -0.385 e. The van der Waals surface area contributed by atoms with Gasteiger partial charge in [-0.2, -0.15) is 0 Å². The highest BCUT2D eigenvalue weighted by Gasteiger charge is 2.17. The Balaban J connectivity index is 2.71. The number of para-hydroxylation sites is 1. The predicted molar refractivity (Wildman–Crippen MR) is 76.5 cm³/mol. The van der Waals surface area contributed by atoms with Gasteiger partial charge in [-0.3, -0.25) is 0 Å². The molecule has 96 valence electrons. The second-order valence-corrected chi connectivity index (χ2v) is 5.86. The zero-order chi connectivity index (χ0) is 12.9. The van der Waals surface area contributed by atoms with Crippen LogP contribution in [0.1, 0.15) is 39.7 Å². The molecule has 1 rings (SSSR count). The molecule has 0 heterocycles. The molecule has 0 saturated heterocycles. The Hall–Kier alpha value is -1.02. The first kappa shape index (κ1) is 14.0. The number of nitrogens with two attached hydrogens (primary N) is 1. The van der Waals surface area contributed by atoms with E-state index < -0.39 is 0 Å². The van der Waals surface area contributed by atoms with Crippen molar-refractivity contribution in [3.05, 3.63) is 29.8 Å². The monoisotopic (exact) mass is 234 g/mol. The maximum atomic E-state index is 5.57. The van der Waals surface area contributed by atoms with Crippen LogP contribution >= 0.6 is 0 Å². The van der Waals surface area contributed by atoms with Crippen LogP contribution in [0.4, 0.5) is 5.69 Å². The average molecular weight is 234 g/mol. The second kappa shape index (κ2) is 6.06. The highest BCUT2D eigenvalue weighted by molar-refractivity contribution is 5.54. The smallest absolute Gasteiger partial charge is 0.0378 e. The van der Waals surface area contributed by atoms with Crippen molar-refractivity contribution in [1.29, 1.82) is 0 Å². The molecular weight excluding hydrogens is 208 g/mol. The van der Waals surface area contributed by atoms with Crippen LogP contribution < -0.4 is 11.1 Å². The van der Waals surface area contributed by atoms with Crippen LogP contribution in [-0.4, -0.2) is 13.1 Å². The lowest BCUT2D eigenvalue weighted by atomic mass is 9.85. The zero-order valence-electron chi connectivity index (χ0n) is 11.6. The van der Waals surface area contributed by atoms with Crippen LogP contribution in [0.5, 0.6) is 0 Å². The van der Waals surface area contributed by atoms with E-state index in [2.05, 4.69) is 57.3 Å². The lowest BCUT2D eigenvalue weighted by Crippen LogP contribution is -2.19. The maximum absolute atomic E-state index is 5.57. The van der Waals surface area contributed by atoms with Gasteiger partial charge in [-0.25, -0.2) is 0 Å². The van der Waals surface area contributed by atoms with E-state index in [0.29, 0.717) is 5.92 Å². The third-order valence-corrected chi connectivity index (χ3v) is 3.04. The van der Waals surface area contributed by atoms with Gasteiger partial charge in [0.1, 0.15) is 0 Å². The summed E-state index contributed by atoms with van der Waals surface area (Å²) in [5, 5.41) is 3.55. The van der Waals surface area contributed by atoms with Gasteiger partial charge < -0.3 is 11.1 Å². The van der Waals surface area contributed by atoms with E-state index in [9.17, 15) is 0 Å². The van der Waals surface area contributed by atoms with E-state index >= 15 is 0 Å². The van der Waals surface area contributed by atoms with Crippen LogP contribution in [0.25, 0.3) is 0 Å². The number of rotatable bonds is 5. The van der Waals surface area contributed by atoms with Gasteiger partial charge in [0, 0.05) is 12.2 Å². The fraction of sp³-hybridized carbons (Fsp3) is 0.600. The van der Waals surface area contributed by atoms with Crippen molar-refractivity contribution in [1.82, 2.24) is 0 Å². The summed E-state index contributed by atoms with van der Waals surface area (Å²) in [6.07, 6.45) is 1.07. The van der Waals surface area contributed by atoms with Gasteiger partial charge in [0.05, 0.1) is 0 Å². The molecule has 1 aromatic carbocycles. The van der Waals surface area contributed by atoms with Crippen molar-refractivity contribution in [2.75, 3.05) is 18.4 Å². The fourth-order valence-corrected chi connectivity index (χ4v) is 1.96. The Morgan fingerprint density at radius 2 is 1.88 bits per heavy atom. The molecule has 0 spiro atoms. The summed E-state index contributed by atoms with van der Waals surface area (Å²) < 4.78 is 0. The van der Waals surface area contributed by atoms with Crippen molar-refractivity contribution < 1.29 is 0 Å². The molecule has 0 aliphatic carbocycles. The van der Waals surface area contributed by atoms with Gasteiger partial charge in [-0.15, -0.1) is 0 Å². The summed E-state index contributed by atoms with van der Waals surface area (Å²) in [6, 6.07) is 8.56. The number of anilines is 1. The van der Waals surface area contributed by atoms with Gasteiger partial charge >= 0.3 is 0 Å². The van der Waals surface area contributed by atoms with Gasteiger partial charge in [0.2, 0.25) is 0 Å². The highest BCUT2D eigenvalue weighted by Crippen LogP contribution is 2.29. The molecule has 17 heavy (non-hydrogen) atoms. The largest absolute Gasteiger partial charge is 0.385 e. The van der Waals surface area contributed by atoms with Crippen molar-refractivity contribution >= 4 is 5.69 Å². The van der Waals surface area contributed by atoms with Crippen molar-refractivity contribution in [2.45, 2.75) is 39.5 Å². The van der Waals surface area contributed by atoms with E-state index in [-0.39, 0.29) is 5.41 Å². The Kier molecular flexibility index (Phi) is 5.01. The van der Waals surface area contributed by atoms with Crippen LogP contribution in [0.2, 0.25) is 0 Å². The van der Waals surface area contributed by atoms with Gasteiger partial charge in [0.25, 0.3) is 0 Å². The van der Waals surface area contributed by atoms with E-state index in [1.807, 2.05) is 0 Å². The maximum Gasteiger partial charge on any atom is 0.0378 e. The molecule has 0 fully saturated rings. The summed E-state index contributed by atoms with van der Waals surface area (Å²) in [7, 11) is 0. The number of benzene rings is 1. The van der Waals surface area contributed by atoms with Gasteiger partial charge in [-0.05, 0) is 35.9 Å². The van der Waals surface area contributed by atoms with Gasteiger partial charge in [-0.1, -0.05) is 45.9 Å². The molecule has 0 bridgehead atoms. The Morgan fingerprint density at radius 3 is 2.47 bits per heavy atom. The van der Waals surface area contributed by atoms with E-state index in [1.54, 1.807) is 0 Å². The molecule has 3 N–H and O–H groups in total. The minimum atomic E-state index is 0.181. The number of hydrogen-bond acceptors (Lipinski definition) is 2. The first-order valence-corrected chi connectivity index (χ1v) is 6.48. The summed E-state index contributed by atoms with van der Waals surface area (Å²) in [6.45, 7) is 10.7. The predicted octanol–water partition coefficient (Wildman–Crippen LogP) is 3.38. The molecule has 0 aliphatic heterocycles. The molecule has 1 atom stereocenters. The summed E-state index contributed by atoms with van der Waals surface area (Å²) >= 11 is 0. The van der Waals surface area contributed by atoms with Crippen molar-refractivity contribution in [3.63, 3.8) is 0 Å². The van der Waals surface area contributed by atoms with Crippen LogP contribution in [0.15, 0.2) is 24.3 Å².